The molecule has 0 saturated carbocycles. The largest absolute Gasteiger partial charge is 1.00 e. The van der Waals surface area contributed by atoms with Crippen molar-refractivity contribution in [3.63, 3.8) is 0 Å². The molecule has 33 heavy (non-hydrogen) atoms. The molecule has 174 valence electrons. The van der Waals surface area contributed by atoms with Crippen LogP contribution in [0.15, 0.2) is 12.7 Å². The fourth-order valence-corrected chi connectivity index (χ4v) is 3.96. The summed E-state index contributed by atoms with van der Waals surface area (Å²) in [5.74, 6) is 0.0655. The molecular weight excluding hydrogens is 481 g/mol. The Bertz CT molecular complexity index is 951. The smallest absolute Gasteiger partial charge is 0.790 e. The molecule has 1 aliphatic heterocycles. The normalized spacial score (nSPS) is 23.3. The SMILES string of the molecule is Nc1ncnc2c1ncn2[C@@H]1O[C@H](COP(=O)([O-])OP(=O)([O-])[O-])[C@@H](O)[C@H]1O.O.O.O.[Li+].[Li+].[Li+]. The fraction of sp³-hybridized carbons (Fsp3) is 0.500. The van der Waals surface area contributed by atoms with Gasteiger partial charge in [0.05, 0.1) is 20.8 Å². The Balaban J connectivity index is -0.000000701. The zero-order chi connectivity index (χ0) is 20.0. The van der Waals surface area contributed by atoms with E-state index >= 15 is 0 Å². The van der Waals surface area contributed by atoms with Crippen molar-refractivity contribution in [2.75, 3.05) is 12.3 Å². The summed E-state index contributed by atoms with van der Waals surface area (Å²) in [6.45, 7) is -0.931. The number of fused-ring (bicyclic) bond motifs is 1. The summed E-state index contributed by atoms with van der Waals surface area (Å²) in [6.07, 6.45) is -3.48. The van der Waals surface area contributed by atoms with Gasteiger partial charge in [0.2, 0.25) is 0 Å². The molecule has 0 aliphatic carbocycles. The molecule has 0 radical (unpaired) electrons. The van der Waals surface area contributed by atoms with Crippen molar-refractivity contribution in [3.05, 3.63) is 12.7 Å². The predicted octanol–water partition coefficient (Wildman–Crippen LogP) is -15.1. The van der Waals surface area contributed by atoms with E-state index in [0.29, 0.717) is 0 Å². The van der Waals surface area contributed by atoms with Gasteiger partial charge in [-0.1, -0.05) is 0 Å². The minimum Gasteiger partial charge on any atom is -0.790 e. The van der Waals surface area contributed by atoms with Gasteiger partial charge >= 0.3 is 56.6 Å². The summed E-state index contributed by atoms with van der Waals surface area (Å²) in [7, 11) is -11.4. The first-order valence-electron chi connectivity index (χ1n) is 7.12. The number of ether oxygens (including phenoxy) is 1. The maximum atomic E-state index is 11.3. The molecule has 5 atom stereocenters. The van der Waals surface area contributed by atoms with Crippen molar-refractivity contribution in [2.45, 2.75) is 24.5 Å². The summed E-state index contributed by atoms with van der Waals surface area (Å²) in [6, 6.07) is 0. The van der Waals surface area contributed by atoms with Crippen LogP contribution in [-0.4, -0.2) is 71.1 Å². The molecule has 1 fully saturated rings. The van der Waals surface area contributed by atoms with Crippen molar-refractivity contribution in [2.24, 2.45) is 0 Å². The Hall–Kier alpha value is 0.162. The van der Waals surface area contributed by atoms with Crippen LogP contribution in [0.1, 0.15) is 6.23 Å². The summed E-state index contributed by atoms with van der Waals surface area (Å²) in [5.41, 5.74) is 6.04. The van der Waals surface area contributed by atoms with E-state index < -0.39 is 46.8 Å². The molecule has 18 nitrogen and oxygen atoms in total. The summed E-state index contributed by atoms with van der Waals surface area (Å²) in [5, 5.41) is 20.2. The monoisotopic (exact) mass is 499 g/mol. The van der Waals surface area contributed by atoms with E-state index in [9.17, 15) is 34.0 Å². The van der Waals surface area contributed by atoms with Crippen LogP contribution in [0.5, 0.6) is 0 Å². The van der Waals surface area contributed by atoms with Gasteiger partial charge in [-0.2, -0.15) is 0 Å². The zero-order valence-electron chi connectivity index (χ0n) is 17.6. The van der Waals surface area contributed by atoms with Crippen LogP contribution in [-0.2, 0) is 22.7 Å². The van der Waals surface area contributed by atoms with Crippen molar-refractivity contribution >= 4 is 32.6 Å². The van der Waals surface area contributed by atoms with E-state index in [2.05, 4.69) is 23.8 Å². The second-order valence-corrected chi connectivity index (χ2v) is 8.10. The number of anilines is 1. The Morgan fingerprint density at radius 2 is 1.64 bits per heavy atom. The van der Waals surface area contributed by atoms with E-state index in [0.717, 1.165) is 6.33 Å². The minimum absolute atomic E-state index is 0. The van der Waals surface area contributed by atoms with Gasteiger partial charge in [0.15, 0.2) is 17.7 Å². The maximum absolute atomic E-state index is 11.3. The molecule has 0 amide bonds. The van der Waals surface area contributed by atoms with Crippen LogP contribution in [0, 0.1) is 0 Å². The maximum Gasteiger partial charge on any atom is 1.00 e. The Morgan fingerprint density at radius 3 is 2.18 bits per heavy atom. The van der Waals surface area contributed by atoms with Crippen LogP contribution in [0.4, 0.5) is 5.82 Å². The number of aliphatic hydroxyl groups excluding tert-OH is 2. The van der Waals surface area contributed by atoms with Crippen LogP contribution >= 0.6 is 15.6 Å². The number of aromatic nitrogens is 4. The van der Waals surface area contributed by atoms with Crippen molar-refractivity contribution < 1.29 is 121 Å². The molecule has 10 N–H and O–H groups in total. The average molecular weight is 499 g/mol. The van der Waals surface area contributed by atoms with Gasteiger partial charge in [-0.15, -0.1) is 0 Å². The number of phosphoric ester groups is 1. The van der Waals surface area contributed by atoms with Gasteiger partial charge in [-0.05, 0) is 0 Å². The van der Waals surface area contributed by atoms with E-state index in [1.54, 1.807) is 0 Å². The Morgan fingerprint density at radius 1 is 1.06 bits per heavy atom. The molecule has 0 spiro atoms. The molecule has 23 heteroatoms. The third kappa shape index (κ3) is 9.62. The van der Waals surface area contributed by atoms with Gasteiger partial charge in [0.25, 0.3) is 7.82 Å². The van der Waals surface area contributed by atoms with Crippen molar-refractivity contribution in [1.82, 2.24) is 19.5 Å². The van der Waals surface area contributed by atoms with Crippen molar-refractivity contribution in [3.8, 4) is 0 Å². The molecule has 3 heterocycles. The minimum atomic E-state index is -5.85. The van der Waals surface area contributed by atoms with E-state index in [-0.39, 0.29) is 90.0 Å². The number of rotatable bonds is 6. The second kappa shape index (κ2) is 15.3. The summed E-state index contributed by atoms with van der Waals surface area (Å²) in [4.78, 5) is 43.7. The van der Waals surface area contributed by atoms with Crippen LogP contribution in [0.2, 0.25) is 0 Å². The number of nitrogen functional groups attached to an aromatic ring is 1. The van der Waals surface area contributed by atoms with E-state index in [4.69, 9.17) is 10.5 Å². The fourth-order valence-electron chi connectivity index (χ4n) is 2.46. The summed E-state index contributed by atoms with van der Waals surface area (Å²) >= 11 is 0. The van der Waals surface area contributed by atoms with E-state index in [1.165, 1.54) is 10.9 Å². The molecule has 1 unspecified atom stereocenters. The molecule has 0 aromatic carbocycles. The topological polar surface area (TPSA) is 336 Å². The molecule has 0 bridgehead atoms. The van der Waals surface area contributed by atoms with Gasteiger partial charge in [0.1, 0.15) is 30.2 Å². The van der Waals surface area contributed by atoms with Crippen molar-refractivity contribution in [1.29, 1.82) is 0 Å². The molecule has 1 saturated heterocycles. The van der Waals surface area contributed by atoms with Gasteiger partial charge < -0.3 is 60.9 Å². The molecular formula is C10H18Li3N5O13P2. The second-order valence-electron chi connectivity index (χ2n) is 5.40. The number of nitrogens with two attached hydrogens (primary N) is 1. The molecule has 2 aromatic rings. The first-order chi connectivity index (χ1) is 12.5. The Labute approximate surface area is 221 Å². The van der Waals surface area contributed by atoms with Gasteiger partial charge in [-0.3, -0.25) is 13.4 Å². The first-order valence-corrected chi connectivity index (χ1v) is 10.0. The zero-order valence-corrected chi connectivity index (χ0v) is 19.4. The number of imidazole rings is 1. The predicted molar refractivity (Wildman–Crippen MR) is 88.8 cm³/mol. The van der Waals surface area contributed by atoms with Crippen LogP contribution in [0.25, 0.3) is 11.2 Å². The number of aliphatic hydroxyl groups is 2. The van der Waals surface area contributed by atoms with E-state index in [1.807, 2.05) is 0 Å². The van der Waals surface area contributed by atoms with Gasteiger partial charge in [0, 0.05) is 0 Å². The first kappa shape index (κ1) is 40.3. The number of nitrogens with zero attached hydrogens (tertiary/aromatic N) is 4. The standard InChI is InChI=1S/C10H15N5O10P2.3Li.3H2O/c11-8-5-9(13-2-12-8)15(3-14-5)10-7(17)6(16)4(24-10)1-23-27(21,22)25-26(18,19)20;;;;;;/h2-4,6-7,10,16-17H,1H2,(H,21,22)(H2,11,12,13)(H2,18,19,20);;;;3*1H2/q;3*+1;;;/p-3/t4-,6-,7-,10-;;;;;;/m1....../s1. The Kier molecular flexibility index (Phi) is 18.7. The number of hydrogen-bond acceptors (Lipinski definition) is 14. The average Bonchev–Trinajstić information content (AvgIpc) is 3.07. The molecule has 1 aliphatic rings. The molecule has 3 rings (SSSR count). The summed E-state index contributed by atoms with van der Waals surface area (Å²) < 4.78 is 35.7. The number of phosphoric acid groups is 2. The van der Waals surface area contributed by atoms with Crippen LogP contribution < -0.4 is 77.0 Å². The third-order valence-electron chi connectivity index (χ3n) is 3.60. The third-order valence-corrected chi connectivity index (χ3v) is 5.66. The van der Waals surface area contributed by atoms with Gasteiger partial charge in [-0.25, -0.2) is 15.0 Å². The quantitative estimate of drug-likeness (QED) is 0.245. The van der Waals surface area contributed by atoms with Crippen LogP contribution in [0.3, 0.4) is 0 Å². The molecule has 2 aromatic heterocycles. The number of hydrogen-bond donors (Lipinski definition) is 3.